The molecule has 6 heteroatoms. The van der Waals surface area contributed by atoms with E-state index in [-0.39, 0.29) is 4.90 Å². The lowest BCUT2D eigenvalue weighted by atomic mass is 10.1. The Bertz CT molecular complexity index is 1200. The summed E-state index contributed by atoms with van der Waals surface area (Å²) in [6.07, 6.45) is 1.79. The molecular formula is C20H18N2O3S. The Hall–Kier alpha value is -2.99. The van der Waals surface area contributed by atoms with Crippen LogP contribution < -0.4 is 9.46 Å². The first-order valence-corrected chi connectivity index (χ1v) is 9.82. The van der Waals surface area contributed by atoms with Gasteiger partial charge in [0.25, 0.3) is 10.0 Å². The maximum atomic E-state index is 13.1. The molecule has 0 aliphatic carbocycles. The quantitative estimate of drug-likeness (QED) is 0.545. The van der Waals surface area contributed by atoms with E-state index in [4.69, 9.17) is 4.74 Å². The molecule has 0 unspecified atom stereocenters. The Balaban J connectivity index is 1.84. The maximum absolute atomic E-state index is 13.1. The van der Waals surface area contributed by atoms with E-state index in [9.17, 15) is 8.42 Å². The molecule has 3 aromatic carbocycles. The number of sulfonamides is 1. The Kier molecular flexibility index (Phi) is 4.05. The maximum Gasteiger partial charge on any atom is 0.262 e. The number of aromatic amines is 1. The van der Waals surface area contributed by atoms with Crippen LogP contribution in [0.2, 0.25) is 0 Å². The van der Waals surface area contributed by atoms with Gasteiger partial charge >= 0.3 is 0 Å². The van der Waals surface area contributed by atoms with Crippen molar-refractivity contribution >= 4 is 37.4 Å². The Morgan fingerprint density at radius 1 is 0.923 bits per heavy atom. The van der Waals surface area contributed by atoms with Crippen molar-refractivity contribution in [3.8, 4) is 5.75 Å². The van der Waals surface area contributed by atoms with E-state index < -0.39 is 10.0 Å². The molecule has 1 heterocycles. The molecule has 0 saturated carbocycles. The molecule has 0 radical (unpaired) electrons. The van der Waals surface area contributed by atoms with Gasteiger partial charge in [0, 0.05) is 27.9 Å². The molecule has 0 saturated heterocycles. The standard InChI is InChI=1S/C20H18N2O3S/c1-2-25-19-10-11-20(15-7-4-3-6-14(15)19)26(23,24)22-18-9-5-8-17-16(18)12-13-21-17/h3-13,21-22H,2H2,1H3. The lowest BCUT2D eigenvalue weighted by Gasteiger charge is -2.14. The third-order valence-corrected chi connectivity index (χ3v) is 5.70. The highest BCUT2D eigenvalue weighted by atomic mass is 32.2. The SMILES string of the molecule is CCOc1ccc(S(=O)(=O)Nc2cccc3[nH]ccc23)c2ccccc12. The molecule has 0 spiro atoms. The van der Waals surface area contributed by atoms with Crippen molar-refractivity contribution in [3.05, 3.63) is 66.9 Å². The second kappa shape index (κ2) is 6.38. The monoisotopic (exact) mass is 366 g/mol. The van der Waals surface area contributed by atoms with Gasteiger partial charge in [-0.3, -0.25) is 4.72 Å². The van der Waals surface area contributed by atoms with Crippen molar-refractivity contribution in [1.82, 2.24) is 4.98 Å². The third kappa shape index (κ3) is 2.78. The molecule has 0 aliphatic heterocycles. The van der Waals surface area contributed by atoms with Gasteiger partial charge in [-0.2, -0.15) is 0 Å². The number of H-pyrrole nitrogens is 1. The summed E-state index contributed by atoms with van der Waals surface area (Å²) in [5.41, 5.74) is 1.42. The summed E-state index contributed by atoms with van der Waals surface area (Å²) >= 11 is 0. The van der Waals surface area contributed by atoms with E-state index in [0.717, 1.165) is 16.3 Å². The van der Waals surface area contributed by atoms with Crippen molar-refractivity contribution in [1.29, 1.82) is 0 Å². The van der Waals surface area contributed by atoms with Gasteiger partial charge in [0.15, 0.2) is 0 Å². The third-order valence-electron chi connectivity index (χ3n) is 4.27. The summed E-state index contributed by atoms with van der Waals surface area (Å²) in [5, 5.41) is 2.23. The van der Waals surface area contributed by atoms with Crippen LogP contribution in [0, 0.1) is 0 Å². The molecule has 132 valence electrons. The molecule has 0 bridgehead atoms. The van der Waals surface area contributed by atoms with Crippen molar-refractivity contribution < 1.29 is 13.2 Å². The zero-order chi connectivity index (χ0) is 18.1. The first kappa shape index (κ1) is 16.5. The minimum absolute atomic E-state index is 0.226. The summed E-state index contributed by atoms with van der Waals surface area (Å²) < 4.78 is 34.5. The molecule has 4 aromatic rings. The van der Waals surface area contributed by atoms with E-state index in [0.29, 0.717) is 23.4 Å². The summed E-state index contributed by atoms with van der Waals surface area (Å²) in [7, 11) is -3.76. The van der Waals surface area contributed by atoms with E-state index in [1.165, 1.54) is 0 Å². The number of rotatable bonds is 5. The van der Waals surface area contributed by atoms with Crippen molar-refractivity contribution in [3.63, 3.8) is 0 Å². The molecule has 0 fully saturated rings. The predicted molar refractivity (Wildman–Crippen MR) is 104 cm³/mol. The van der Waals surface area contributed by atoms with Gasteiger partial charge in [0.2, 0.25) is 0 Å². The molecule has 5 nitrogen and oxygen atoms in total. The highest BCUT2D eigenvalue weighted by Gasteiger charge is 2.20. The highest BCUT2D eigenvalue weighted by molar-refractivity contribution is 7.93. The molecule has 1 aromatic heterocycles. The second-order valence-electron chi connectivity index (χ2n) is 5.89. The Morgan fingerprint density at radius 3 is 2.54 bits per heavy atom. The number of aromatic nitrogens is 1. The first-order valence-electron chi connectivity index (χ1n) is 8.33. The lowest BCUT2D eigenvalue weighted by molar-refractivity contribution is 0.344. The molecule has 2 N–H and O–H groups in total. The normalized spacial score (nSPS) is 11.7. The Morgan fingerprint density at radius 2 is 1.73 bits per heavy atom. The summed E-state index contributed by atoms with van der Waals surface area (Å²) in [4.78, 5) is 3.31. The number of anilines is 1. The number of fused-ring (bicyclic) bond motifs is 2. The van der Waals surface area contributed by atoms with Gasteiger partial charge in [-0.15, -0.1) is 0 Å². The fraction of sp³-hybridized carbons (Fsp3) is 0.100. The zero-order valence-corrected chi connectivity index (χ0v) is 15.0. The Labute approximate surface area is 151 Å². The topological polar surface area (TPSA) is 71.2 Å². The highest BCUT2D eigenvalue weighted by Crippen LogP contribution is 2.33. The predicted octanol–water partition coefficient (Wildman–Crippen LogP) is 4.52. The minimum atomic E-state index is -3.76. The molecular weight excluding hydrogens is 348 g/mol. The average Bonchev–Trinajstić information content (AvgIpc) is 3.12. The second-order valence-corrected chi connectivity index (χ2v) is 7.54. The summed E-state index contributed by atoms with van der Waals surface area (Å²) in [6, 6.07) is 18.0. The van der Waals surface area contributed by atoms with E-state index in [1.54, 1.807) is 30.5 Å². The molecule has 0 amide bonds. The van der Waals surface area contributed by atoms with Crippen molar-refractivity contribution in [2.24, 2.45) is 0 Å². The van der Waals surface area contributed by atoms with Crippen LogP contribution in [0.25, 0.3) is 21.7 Å². The van der Waals surface area contributed by atoms with Crippen LogP contribution in [0.4, 0.5) is 5.69 Å². The van der Waals surface area contributed by atoms with Crippen LogP contribution in [0.15, 0.2) is 71.8 Å². The van der Waals surface area contributed by atoms with Gasteiger partial charge in [0.05, 0.1) is 17.2 Å². The smallest absolute Gasteiger partial charge is 0.262 e. The first-order chi connectivity index (χ1) is 12.6. The molecule has 0 atom stereocenters. The lowest BCUT2D eigenvalue weighted by Crippen LogP contribution is -2.13. The number of benzene rings is 3. The van der Waals surface area contributed by atoms with Crippen molar-refractivity contribution in [2.45, 2.75) is 11.8 Å². The number of hydrogen-bond donors (Lipinski definition) is 2. The zero-order valence-electron chi connectivity index (χ0n) is 14.2. The molecule has 4 rings (SSSR count). The van der Waals surface area contributed by atoms with E-state index in [2.05, 4.69) is 9.71 Å². The average molecular weight is 366 g/mol. The molecule has 26 heavy (non-hydrogen) atoms. The van der Waals surface area contributed by atoms with Crippen LogP contribution in [-0.4, -0.2) is 20.0 Å². The van der Waals surface area contributed by atoms with Gasteiger partial charge in [-0.25, -0.2) is 8.42 Å². The van der Waals surface area contributed by atoms with Gasteiger partial charge < -0.3 is 9.72 Å². The van der Waals surface area contributed by atoms with Crippen molar-refractivity contribution in [2.75, 3.05) is 11.3 Å². The van der Waals surface area contributed by atoms with E-state index >= 15 is 0 Å². The van der Waals surface area contributed by atoms with Crippen LogP contribution in [0.3, 0.4) is 0 Å². The molecule has 0 aliphatic rings. The van der Waals surface area contributed by atoms with Crippen LogP contribution in [0.5, 0.6) is 5.75 Å². The number of nitrogens with one attached hydrogen (secondary N) is 2. The van der Waals surface area contributed by atoms with Crippen LogP contribution >= 0.6 is 0 Å². The van der Waals surface area contributed by atoms with E-state index in [1.807, 2.05) is 43.3 Å². The summed E-state index contributed by atoms with van der Waals surface area (Å²) in [6.45, 7) is 2.42. The van der Waals surface area contributed by atoms with Crippen LogP contribution in [0.1, 0.15) is 6.92 Å². The fourth-order valence-corrected chi connectivity index (χ4v) is 4.43. The number of hydrogen-bond acceptors (Lipinski definition) is 3. The summed E-state index contributed by atoms with van der Waals surface area (Å²) in [5.74, 6) is 0.676. The van der Waals surface area contributed by atoms with Gasteiger partial charge in [-0.05, 0) is 37.3 Å². The van der Waals surface area contributed by atoms with Crippen LogP contribution in [-0.2, 0) is 10.0 Å². The number of ether oxygens (including phenoxy) is 1. The fourth-order valence-electron chi connectivity index (χ4n) is 3.13. The minimum Gasteiger partial charge on any atom is -0.493 e. The van der Waals surface area contributed by atoms with Gasteiger partial charge in [0.1, 0.15) is 5.75 Å². The largest absolute Gasteiger partial charge is 0.493 e. The van der Waals surface area contributed by atoms with Gasteiger partial charge in [-0.1, -0.05) is 30.3 Å².